The van der Waals surface area contributed by atoms with Crippen LogP contribution in [0.2, 0.25) is 0 Å². The number of aromatic nitrogens is 1. The van der Waals surface area contributed by atoms with E-state index in [-0.39, 0.29) is 11.9 Å². The van der Waals surface area contributed by atoms with Crippen LogP contribution in [0.15, 0.2) is 35.1 Å². The summed E-state index contributed by atoms with van der Waals surface area (Å²) >= 11 is 3.48. The molecule has 2 fully saturated rings. The van der Waals surface area contributed by atoms with Crippen LogP contribution in [-0.2, 0) is 0 Å². The molecule has 4 rings (SSSR count). The number of hydrogen-bond acceptors (Lipinski definition) is 2. The maximum Gasteiger partial charge on any atom is 0.251 e. The van der Waals surface area contributed by atoms with Gasteiger partial charge in [0.1, 0.15) is 0 Å². The Labute approximate surface area is 125 Å². The van der Waals surface area contributed by atoms with Crippen molar-refractivity contribution in [3.63, 3.8) is 0 Å². The first-order chi connectivity index (χ1) is 9.70. The fourth-order valence-electron chi connectivity index (χ4n) is 3.48. The van der Waals surface area contributed by atoms with Gasteiger partial charge in [-0.15, -0.1) is 0 Å². The van der Waals surface area contributed by atoms with E-state index >= 15 is 0 Å². The van der Waals surface area contributed by atoms with Gasteiger partial charge in [-0.25, -0.2) is 0 Å². The molecule has 4 nitrogen and oxygen atoms in total. The smallest absolute Gasteiger partial charge is 0.251 e. The second kappa shape index (κ2) is 4.60. The van der Waals surface area contributed by atoms with E-state index < -0.39 is 0 Å². The Morgan fingerprint density at radius 1 is 1.35 bits per heavy atom. The molecule has 2 bridgehead atoms. The van der Waals surface area contributed by atoms with Gasteiger partial charge in [0.15, 0.2) is 0 Å². The Bertz CT molecular complexity index is 681. The second-order valence-electron chi connectivity index (χ2n) is 5.80. The molecule has 1 aliphatic carbocycles. The predicted octanol–water partition coefficient (Wildman–Crippen LogP) is 2.18. The molecule has 1 saturated heterocycles. The van der Waals surface area contributed by atoms with Crippen LogP contribution in [0, 0.1) is 5.92 Å². The summed E-state index contributed by atoms with van der Waals surface area (Å²) in [6.07, 6.45) is 4.24. The summed E-state index contributed by atoms with van der Waals surface area (Å²) in [6.45, 7) is 1.11. The molecular formula is C15H16BrN3O. The first kappa shape index (κ1) is 12.4. The molecule has 2 N–H and O–H groups in total. The number of rotatable bonds is 2. The number of nitrogens with zero attached hydrogens (tertiary/aromatic N) is 1. The fourth-order valence-corrected chi connectivity index (χ4v) is 3.94. The van der Waals surface area contributed by atoms with E-state index in [0.29, 0.717) is 6.04 Å². The van der Waals surface area contributed by atoms with E-state index in [1.54, 1.807) is 0 Å². The number of piperidine rings is 1. The van der Waals surface area contributed by atoms with Crippen molar-refractivity contribution in [1.82, 2.24) is 15.0 Å². The Hall–Kier alpha value is -1.33. The minimum absolute atomic E-state index is 0.0316. The zero-order chi connectivity index (χ0) is 13.7. The molecule has 2 aliphatic rings. The van der Waals surface area contributed by atoms with E-state index in [1.165, 1.54) is 6.42 Å². The summed E-state index contributed by atoms with van der Waals surface area (Å²) in [6, 6.07) is 8.54. The lowest BCUT2D eigenvalue weighted by molar-refractivity contribution is 0.0928. The molecule has 2 aromatic heterocycles. The Kier molecular flexibility index (Phi) is 2.86. The van der Waals surface area contributed by atoms with Gasteiger partial charge in [0.05, 0.1) is 4.60 Å². The molecule has 3 atom stereocenters. The molecule has 0 radical (unpaired) electrons. The monoisotopic (exact) mass is 333 g/mol. The van der Waals surface area contributed by atoms with E-state index in [1.807, 2.05) is 34.9 Å². The summed E-state index contributed by atoms with van der Waals surface area (Å²) in [5.74, 6) is 0.776. The Morgan fingerprint density at radius 3 is 3.00 bits per heavy atom. The van der Waals surface area contributed by atoms with Gasteiger partial charge in [-0.3, -0.25) is 4.79 Å². The highest BCUT2D eigenvalue weighted by molar-refractivity contribution is 9.10. The summed E-state index contributed by atoms with van der Waals surface area (Å²) in [5, 5.41) is 6.65. The minimum atomic E-state index is 0.0316. The van der Waals surface area contributed by atoms with Gasteiger partial charge in [-0.05, 0) is 65.5 Å². The number of hydrogen-bond donors (Lipinski definition) is 2. The van der Waals surface area contributed by atoms with Gasteiger partial charge >= 0.3 is 0 Å². The largest absolute Gasteiger partial charge is 0.348 e. The zero-order valence-electron chi connectivity index (χ0n) is 11.0. The van der Waals surface area contributed by atoms with Gasteiger partial charge in [0.2, 0.25) is 0 Å². The van der Waals surface area contributed by atoms with Crippen molar-refractivity contribution >= 4 is 27.4 Å². The topological polar surface area (TPSA) is 45.5 Å². The van der Waals surface area contributed by atoms with Crippen LogP contribution in [0.25, 0.3) is 5.52 Å². The number of amides is 1. The standard InChI is InChI=1S/C15H16BrN3O/c16-14-2-1-11-7-10(3-4-19(11)14)15(20)18-13-6-9-5-12(13)17-8-9/h1-4,7,9,12-13,17H,5-6,8H2,(H,18,20). The van der Waals surface area contributed by atoms with Crippen molar-refractivity contribution in [2.45, 2.75) is 24.9 Å². The predicted molar refractivity (Wildman–Crippen MR) is 80.9 cm³/mol. The van der Waals surface area contributed by atoms with Crippen molar-refractivity contribution in [3.8, 4) is 0 Å². The molecule has 5 heteroatoms. The molecular weight excluding hydrogens is 318 g/mol. The molecule has 1 saturated carbocycles. The van der Waals surface area contributed by atoms with E-state index in [9.17, 15) is 4.79 Å². The molecule has 1 amide bonds. The summed E-state index contributed by atoms with van der Waals surface area (Å²) in [4.78, 5) is 12.4. The second-order valence-corrected chi connectivity index (χ2v) is 6.61. The van der Waals surface area contributed by atoms with Crippen LogP contribution < -0.4 is 10.6 Å². The quantitative estimate of drug-likeness (QED) is 0.884. The van der Waals surface area contributed by atoms with Gasteiger partial charge in [-0.2, -0.15) is 0 Å². The maximum absolute atomic E-state index is 12.4. The lowest BCUT2D eigenvalue weighted by atomic mass is 10.1. The van der Waals surface area contributed by atoms with E-state index in [2.05, 4.69) is 26.6 Å². The van der Waals surface area contributed by atoms with Gasteiger partial charge in [-0.1, -0.05) is 0 Å². The first-order valence-electron chi connectivity index (χ1n) is 7.01. The highest BCUT2D eigenvalue weighted by Gasteiger charge is 2.40. The third-order valence-corrected chi connectivity index (χ3v) is 5.16. The van der Waals surface area contributed by atoms with Crippen molar-refractivity contribution in [3.05, 3.63) is 40.6 Å². The number of carbonyl (C=O) groups is 1. The lowest BCUT2D eigenvalue weighted by Gasteiger charge is -2.24. The summed E-state index contributed by atoms with van der Waals surface area (Å²) in [5.41, 5.74) is 1.75. The highest BCUT2D eigenvalue weighted by atomic mass is 79.9. The van der Waals surface area contributed by atoms with Crippen molar-refractivity contribution in [1.29, 1.82) is 0 Å². The first-order valence-corrected chi connectivity index (χ1v) is 7.81. The van der Waals surface area contributed by atoms with Gasteiger partial charge in [0.25, 0.3) is 5.91 Å². The maximum atomic E-state index is 12.4. The molecule has 20 heavy (non-hydrogen) atoms. The number of nitrogens with one attached hydrogen (secondary N) is 2. The lowest BCUT2D eigenvalue weighted by Crippen LogP contribution is -2.47. The molecule has 3 unspecified atom stereocenters. The number of carbonyl (C=O) groups excluding carboxylic acids is 1. The van der Waals surface area contributed by atoms with E-state index in [0.717, 1.165) is 34.6 Å². The average molecular weight is 334 g/mol. The Balaban J connectivity index is 1.54. The zero-order valence-corrected chi connectivity index (χ0v) is 12.6. The number of halogens is 1. The molecule has 1 aliphatic heterocycles. The van der Waals surface area contributed by atoms with Crippen LogP contribution >= 0.6 is 15.9 Å². The van der Waals surface area contributed by atoms with Crippen molar-refractivity contribution in [2.75, 3.05) is 6.54 Å². The van der Waals surface area contributed by atoms with Gasteiger partial charge in [0, 0.05) is 29.4 Å². The number of pyridine rings is 1. The number of fused-ring (bicyclic) bond motifs is 3. The Morgan fingerprint density at radius 2 is 2.25 bits per heavy atom. The minimum Gasteiger partial charge on any atom is -0.348 e. The SMILES string of the molecule is O=C(NC1CC2CNC1C2)c1ccn2c(Br)ccc2c1. The van der Waals surface area contributed by atoms with E-state index in [4.69, 9.17) is 0 Å². The average Bonchev–Trinajstić information content (AvgIpc) is 3.14. The van der Waals surface area contributed by atoms with Crippen molar-refractivity contribution < 1.29 is 4.79 Å². The third kappa shape index (κ3) is 1.96. The molecule has 2 aromatic rings. The third-order valence-electron chi connectivity index (χ3n) is 4.51. The van der Waals surface area contributed by atoms with Crippen LogP contribution in [0.4, 0.5) is 0 Å². The van der Waals surface area contributed by atoms with Crippen LogP contribution in [-0.4, -0.2) is 28.9 Å². The highest BCUT2D eigenvalue weighted by Crippen LogP contribution is 2.31. The molecule has 104 valence electrons. The fraction of sp³-hybridized carbons (Fsp3) is 0.400. The molecule has 0 aromatic carbocycles. The van der Waals surface area contributed by atoms with Crippen LogP contribution in [0.3, 0.4) is 0 Å². The van der Waals surface area contributed by atoms with Crippen molar-refractivity contribution in [2.24, 2.45) is 5.92 Å². The molecule has 0 spiro atoms. The molecule has 3 heterocycles. The van der Waals surface area contributed by atoms with Crippen LogP contribution in [0.5, 0.6) is 0 Å². The van der Waals surface area contributed by atoms with Crippen LogP contribution in [0.1, 0.15) is 23.2 Å². The normalized spacial score (nSPS) is 28.1. The van der Waals surface area contributed by atoms with Gasteiger partial charge < -0.3 is 15.0 Å². The summed E-state index contributed by atoms with van der Waals surface area (Å²) < 4.78 is 3.01. The summed E-state index contributed by atoms with van der Waals surface area (Å²) in [7, 11) is 0.